The molecule has 0 aromatic heterocycles. The normalized spacial score (nSPS) is 13.5. The van der Waals surface area contributed by atoms with E-state index in [4.69, 9.17) is 21.0 Å². The van der Waals surface area contributed by atoms with Gasteiger partial charge in [-0.2, -0.15) is 21.0 Å². The van der Waals surface area contributed by atoms with Gasteiger partial charge < -0.3 is 4.90 Å². The summed E-state index contributed by atoms with van der Waals surface area (Å²) in [4.78, 5) is 1.86. The van der Waals surface area contributed by atoms with Crippen molar-refractivity contribution in [1.82, 2.24) is 4.90 Å². The molecule has 114 valence electrons. The smallest absolute Gasteiger partial charge is 0.152 e. The van der Waals surface area contributed by atoms with Gasteiger partial charge in [0.05, 0.1) is 17.8 Å². The Morgan fingerprint density at radius 1 is 1.00 bits per heavy atom. The summed E-state index contributed by atoms with van der Waals surface area (Å²) in [5.41, 5.74) is 4.00. The second-order valence-electron chi connectivity index (χ2n) is 5.30. The molecule has 1 aromatic rings. The fourth-order valence-corrected chi connectivity index (χ4v) is 2.65. The summed E-state index contributed by atoms with van der Waals surface area (Å²) in [6, 6.07) is 15.2. The highest BCUT2D eigenvalue weighted by atomic mass is 15.1. The number of hydrogen-bond acceptors (Lipinski definition) is 5. The largest absolute Gasteiger partial charge is 0.377 e. The third-order valence-electron chi connectivity index (χ3n) is 3.61. The van der Waals surface area contributed by atoms with Crippen LogP contribution in [-0.4, -0.2) is 19.0 Å². The van der Waals surface area contributed by atoms with Crippen molar-refractivity contribution in [3.8, 4) is 24.3 Å². The summed E-state index contributed by atoms with van der Waals surface area (Å²) in [5, 5.41) is 36.3. The van der Waals surface area contributed by atoms with Gasteiger partial charge in [-0.15, -0.1) is 0 Å². The van der Waals surface area contributed by atoms with Crippen LogP contribution in [0.2, 0.25) is 0 Å². The minimum atomic E-state index is -0.877. The van der Waals surface area contributed by atoms with Crippen LogP contribution < -0.4 is 0 Å². The van der Waals surface area contributed by atoms with E-state index in [-0.39, 0.29) is 5.57 Å². The Morgan fingerprint density at radius 3 is 2.08 bits per heavy atom. The number of likely N-dealkylation sites (N-methyl/N-ethyl adjacent to an activating group) is 1. The molecular weight excluding hydrogens is 298 g/mol. The highest BCUT2D eigenvalue weighted by Crippen LogP contribution is 2.43. The van der Waals surface area contributed by atoms with Crippen molar-refractivity contribution in [2.24, 2.45) is 5.92 Å². The molecule has 0 bridgehead atoms. The standard InChI is InChI=1S/C19H13N5/c1-24(2)19-17(7-13(9-20)10-21)15-5-3-4-6-16(15)18(19)8-14(11-22)12-23/h3-8,13H,1-2H3. The summed E-state index contributed by atoms with van der Waals surface area (Å²) >= 11 is 0. The Balaban J connectivity index is 2.83. The topological polar surface area (TPSA) is 98.4 Å². The zero-order valence-electron chi connectivity index (χ0n) is 13.3. The molecule has 5 nitrogen and oxygen atoms in total. The average molecular weight is 311 g/mol. The Hall–Kier alpha value is -3.80. The number of benzene rings is 1. The van der Waals surface area contributed by atoms with E-state index >= 15 is 0 Å². The Morgan fingerprint density at radius 2 is 1.58 bits per heavy atom. The van der Waals surface area contributed by atoms with Gasteiger partial charge in [0.1, 0.15) is 17.7 Å². The van der Waals surface area contributed by atoms with Gasteiger partial charge in [0.25, 0.3) is 0 Å². The second kappa shape index (κ2) is 6.97. The molecule has 0 saturated carbocycles. The molecule has 0 N–H and O–H groups in total. The van der Waals surface area contributed by atoms with Crippen molar-refractivity contribution < 1.29 is 0 Å². The first-order valence-electron chi connectivity index (χ1n) is 7.12. The van der Waals surface area contributed by atoms with E-state index in [9.17, 15) is 0 Å². The molecule has 5 heteroatoms. The number of nitrogens with zero attached hydrogens (tertiary/aromatic N) is 5. The molecule has 2 rings (SSSR count). The van der Waals surface area contributed by atoms with E-state index in [2.05, 4.69) is 0 Å². The van der Waals surface area contributed by atoms with Gasteiger partial charge in [-0.1, -0.05) is 24.3 Å². The Bertz CT molecular complexity index is 904. The summed E-state index contributed by atoms with van der Waals surface area (Å²) in [7, 11) is 3.68. The summed E-state index contributed by atoms with van der Waals surface area (Å²) in [5.74, 6) is -0.877. The highest BCUT2D eigenvalue weighted by Gasteiger charge is 2.27. The first-order valence-corrected chi connectivity index (χ1v) is 7.12. The zero-order valence-corrected chi connectivity index (χ0v) is 13.3. The van der Waals surface area contributed by atoms with Crippen LogP contribution in [0, 0.1) is 51.2 Å². The maximum Gasteiger partial charge on any atom is 0.152 e. The molecule has 0 aliphatic heterocycles. The molecule has 1 aliphatic carbocycles. The molecular formula is C19H13N5. The number of nitriles is 4. The van der Waals surface area contributed by atoms with E-state index < -0.39 is 5.92 Å². The monoisotopic (exact) mass is 311 g/mol. The predicted octanol–water partition coefficient (Wildman–Crippen LogP) is 2.99. The third kappa shape index (κ3) is 2.89. The van der Waals surface area contributed by atoms with E-state index in [1.807, 2.05) is 67.5 Å². The lowest BCUT2D eigenvalue weighted by molar-refractivity contribution is 0.538. The van der Waals surface area contributed by atoms with Gasteiger partial charge in [-0.3, -0.25) is 0 Å². The van der Waals surface area contributed by atoms with Crippen molar-refractivity contribution in [1.29, 1.82) is 21.0 Å². The van der Waals surface area contributed by atoms with Crippen LogP contribution in [-0.2, 0) is 0 Å². The van der Waals surface area contributed by atoms with E-state index in [1.165, 1.54) is 0 Å². The second-order valence-corrected chi connectivity index (χ2v) is 5.30. The molecule has 1 aliphatic rings. The van der Waals surface area contributed by atoms with Crippen molar-refractivity contribution in [2.75, 3.05) is 14.1 Å². The molecule has 0 fully saturated rings. The fraction of sp³-hybridized carbons (Fsp3) is 0.158. The highest BCUT2D eigenvalue weighted by molar-refractivity contribution is 6.03. The van der Waals surface area contributed by atoms with Gasteiger partial charge in [-0.25, -0.2) is 0 Å². The van der Waals surface area contributed by atoms with Crippen LogP contribution in [0.15, 0.2) is 47.7 Å². The molecule has 0 amide bonds. The molecule has 24 heavy (non-hydrogen) atoms. The number of fused-ring (bicyclic) bond motifs is 1. The molecule has 0 saturated heterocycles. The number of allylic oxidation sites excluding steroid dienone is 5. The lowest BCUT2D eigenvalue weighted by Crippen LogP contribution is -2.12. The minimum absolute atomic E-state index is 0.00230. The van der Waals surface area contributed by atoms with Crippen molar-refractivity contribution in [2.45, 2.75) is 0 Å². The summed E-state index contributed by atoms with van der Waals surface area (Å²) < 4.78 is 0. The first-order chi connectivity index (χ1) is 11.6. The van der Waals surface area contributed by atoms with Gasteiger partial charge in [-0.05, 0) is 23.3 Å². The lowest BCUT2D eigenvalue weighted by Gasteiger charge is -2.18. The quantitative estimate of drug-likeness (QED) is 0.799. The minimum Gasteiger partial charge on any atom is -0.377 e. The van der Waals surface area contributed by atoms with Crippen LogP contribution in [0.5, 0.6) is 0 Å². The van der Waals surface area contributed by atoms with Gasteiger partial charge in [0.15, 0.2) is 5.92 Å². The average Bonchev–Trinajstić information content (AvgIpc) is 2.91. The molecule has 0 atom stereocenters. The van der Waals surface area contributed by atoms with Crippen LogP contribution >= 0.6 is 0 Å². The molecule has 0 spiro atoms. The van der Waals surface area contributed by atoms with Gasteiger partial charge in [0.2, 0.25) is 0 Å². The maximum absolute atomic E-state index is 9.10. The van der Waals surface area contributed by atoms with Gasteiger partial charge >= 0.3 is 0 Å². The Kier molecular flexibility index (Phi) is 4.81. The van der Waals surface area contributed by atoms with Crippen molar-refractivity contribution >= 4 is 11.1 Å². The van der Waals surface area contributed by atoms with E-state index in [1.54, 1.807) is 12.2 Å². The van der Waals surface area contributed by atoms with Crippen LogP contribution in [0.1, 0.15) is 11.1 Å². The van der Waals surface area contributed by atoms with E-state index in [0.29, 0.717) is 0 Å². The number of rotatable bonds is 3. The zero-order chi connectivity index (χ0) is 17.7. The molecule has 0 radical (unpaired) electrons. The fourth-order valence-electron chi connectivity index (χ4n) is 2.65. The van der Waals surface area contributed by atoms with Crippen LogP contribution in [0.25, 0.3) is 11.1 Å². The SMILES string of the molecule is CN(C)C1=C(C=C(C#N)C#N)c2ccccc2C1=CC(C#N)C#N. The third-order valence-corrected chi connectivity index (χ3v) is 3.61. The maximum atomic E-state index is 9.10. The lowest BCUT2D eigenvalue weighted by atomic mass is 10.0. The first kappa shape index (κ1) is 16.6. The van der Waals surface area contributed by atoms with E-state index in [0.717, 1.165) is 28.0 Å². The summed E-state index contributed by atoms with van der Waals surface area (Å²) in [6.45, 7) is 0. The molecule has 0 heterocycles. The number of hydrogen-bond donors (Lipinski definition) is 0. The van der Waals surface area contributed by atoms with Crippen LogP contribution in [0.3, 0.4) is 0 Å². The van der Waals surface area contributed by atoms with Crippen molar-refractivity contribution in [3.05, 3.63) is 58.8 Å². The van der Waals surface area contributed by atoms with Gasteiger partial charge in [0, 0.05) is 25.2 Å². The molecule has 0 unspecified atom stereocenters. The summed E-state index contributed by atoms with van der Waals surface area (Å²) in [6.07, 6.45) is 3.16. The predicted molar refractivity (Wildman–Crippen MR) is 89.1 cm³/mol. The van der Waals surface area contributed by atoms with Crippen molar-refractivity contribution in [3.63, 3.8) is 0 Å². The molecule has 1 aromatic carbocycles. The van der Waals surface area contributed by atoms with Crippen LogP contribution in [0.4, 0.5) is 0 Å². The Labute approximate surface area is 140 Å².